The van der Waals surface area contributed by atoms with Crippen LogP contribution in [0.1, 0.15) is 77.1 Å². The van der Waals surface area contributed by atoms with E-state index in [4.69, 9.17) is 0 Å². The molecule has 1 aliphatic rings. The molecule has 0 unspecified atom stereocenters. The molecule has 180 valence electrons. The maximum Gasteiger partial charge on any atom is 0.256 e. The van der Waals surface area contributed by atoms with E-state index in [9.17, 15) is 18.0 Å². The Morgan fingerprint density at radius 3 is 2.36 bits per heavy atom. The summed E-state index contributed by atoms with van der Waals surface area (Å²) in [6.45, 7) is 4.72. The van der Waals surface area contributed by atoms with Crippen molar-refractivity contribution in [1.29, 1.82) is 0 Å². The summed E-state index contributed by atoms with van der Waals surface area (Å²) in [5.74, 6) is -0.559. The van der Waals surface area contributed by atoms with Gasteiger partial charge in [0.15, 0.2) is 0 Å². The highest BCUT2D eigenvalue weighted by Gasteiger charge is 2.26. The van der Waals surface area contributed by atoms with Gasteiger partial charge in [-0.15, -0.1) is 11.3 Å². The zero-order valence-electron chi connectivity index (χ0n) is 19.6. The molecule has 3 rings (SSSR count). The lowest BCUT2D eigenvalue weighted by molar-refractivity contribution is 0.0963. The minimum Gasteiger partial charge on any atom is -0.355 e. The van der Waals surface area contributed by atoms with Gasteiger partial charge in [0.05, 0.1) is 10.5 Å². The van der Waals surface area contributed by atoms with E-state index in [0.717, 1.165) is 55.4 Å². The molecule has 2 amide bonds. The molecule has 7 nitrogen and oxygen atoms in total. The third kappa shape index (κ3) is 5.65. The summed E-state index contributed by atoms with van der Waals surface area (Å²) in [4.78, 5) is 26.9. The summed E-state index contributed by atoms with van der Waals surface area (Å²) in [6.07, 6.45) is 6.71. The maximum atomic E-state index is 13.0. The van der Waals surface area contributed by atoms with Crippen molar-refractivity contribution in [3.05, 3.63) is 45.8 Å². The Kier molecular flexibility index (Phi) is 8.67. The SMILES string of the molecule is CCCCN(CC)S(=O)(=O)c1ccc(C(=O)Nc2sc3c(c2C(=O)NC)CCCCC3)cc1. The molecule has 2 aromatic rings. The average molecular weight is 492 g/mol. The molecule has 0 bridgehead atoms. The van der Waals surface area contributed by atoms with Gasteiger partial charge >= 0.3 is 0 Å². The first-order valence-corrected chi connectivity index (χ1v) is 13.9. The van der Waals surface area contributed by atoms with E-state index < -0.39 is 10.0 Å². The Labute approximate surface area is 200 Å². The predicted octanol–water partition coefficient (Wildman–Crippen LogP) is 4.44. The Hall–Kier alpha value is -2.23. The number of rotatable bonds is 9. The molecule has 1 aromatic carbocycles. The Morgan fingerprint density at radius 2 is 1.73 bits per heavy atom. The fraction of sp³-hybridized carbons (Fsp3) is 0.500. The second kappa shape index (κ2) is 11.3. The van der Waals surface area contributed by atoms with Gasteiger partial charge in [0.2, 0.25) is 10.0 Å². The topological polar surface area (TPSA) is 95.6 Å². The average Bonchev–Trinajstić information content (AvgIpc) is 2.98. The highest BCUT2D eigenvalue weighted by atomic mass is 32.2. The Bertz CT molecular complexity index is 1090. The van der Waals surface area contributed by atoms with Crippen molar-refractivity contribution in [1.82, 2.24) is 9.62 Å². The number of nitrogens with zero attached hydrogens (tertiary/aromatic N) is 1. The number of carbonyl (C=O) groups excluding carboxylic acids is 2. The van der Waals surface area contributed by atoms with Crippen LogP contribution in [0, 0.1) is 0 Å². The van der Waals surface area contributed by atoms with Crippen LogP contribution in [0.25, 0.3) is 0 Å². The van der Waals surface area contributed by atoms with Gasteiger partial charge < -0.3 is 10.6 Å². The molecule has 0 saturated carbocycles. The molecule has 0 fully saturated rings. The normalized spacial score (nSPS) is 13.9. The van der Waals surface area contributed by atoms with E-state index in [1.54, 1.807) is 7.05 Å². The largest absolute Gasteiger partial charge is 0.355 e. The van der Waals surface area contributed by atoms with Gasteiger partial charge in [0.25, 0.3) is 11.8 Å². The molecule has 1 aliphatic carbocycles. The van der Waals surface area contributed by atoms with Crippen LogP contribution in [-0.4, -0.2) is 44.7 Å². The summed E-state index contributed by atoms with van der Waals surface area (Å²) >= 11 is 1.47. The second-order valence-electron chi connectivity index (χ2n) is 8.18. The predicted molar refractivity (Wildman–Crippen MR) is 133 cm³/mol. The quantitative estimate of drug-likeness (QED) is 0.507. The maximum absolute atomic E-state index is 13.0. The van der Waals surface area contributed by atoms with Gasteiger partial charge in [-0.1, -0.05) is 26.7 Å². The number of hydrogen-bond acceptors (Lipinski definition) is 5. The molecule has 0 saturated heterocycles. The molecule has 1 aromatic heterocycles. The third-order valence-corrected chi connectivity index (χ3v) is 9.17. The van der Waals surface area contributed by atoms with Crippen LogP contribution in [0.15, 0.2) is 29.2 Å². The Morgan fingerprint density at radius 1 is 1.03 bits per heavy atom. The van der Waals surface area contributed by atoms with Crippen molar-refractivity contribution in [3.8, 4) is 0 Å². The van der Waals surface area contributed by atoms with Gasteiger partial charge in [-0.2, -0.15) is 4.31 Å². The lowest BCUT2D eigenvalue weighted by Gasteiger charge is -2.20. The summed E-state index contributed by atoms with van der Waals surface area (Å²) in [7, 11) is -2.01. The molecule has 0 aliphatic heterocycles. The van der Waals surface area contributed by atoms with Gasteiger partial charge in [0, 0.05) is 30.6 Å². The molecular formula is C24H33N3O4S2. The standard InChI is InChI=1S/C24H33N3O4S2/c1-4-6-16-27(5-2)33(30,31)18-14-12-17(13-15-18)22(28)26-24-21(23(29)25-3)19-10-8-7-9-11-20(19)32-24/h12-15H,4-11,16H2,1-3H3,(H,25,29)(H,26,28). The van der Waals surface area contributed by atoms with E-state index in [-0.39, 0.29) is 16.7 Å². The number of unbranched alkanes of at least 4 members (excludes halogenated alkanes) is 1. The first-order chi connectivity index (χ1) is 15.8. The number of thiophene rings is 1. The smallest absolute Gasteiger partial charge is 0.256 e. The minimum absolute atomic E-state index is 0.172. The van der Waals surface area contributed by atoms with Gasteiger partial charge in [0.1, 0.15) is 5.00 Å². The summed E-state index contributed by atoms with van der Waals surface area (Å²) < 4.78 is 27.3. The van der Waals surface area contributed by atoms with Gasteiger partial charge in [-0.05, 0) is 61.9 Å². The van der Waals surface area contributed by atoms with E-state index in [1.807, 2.05) is 13.8 Å². The highest BCUT2D eigenvalue weighted by molar-refractivity contribution is 7.89. The molecule has 2 N–H and O–H groups in total. The highest BCUT2D eigenvalue weighted by Crippen LogP contribution is 2.37. The first-order valence-electron chi connectivity index (χ1n) is 11.6. The van der Waals surface area contributed by atoms with Crippen molar-refractivity contribution < 1.29 is 18.0 Å². The fourth-order valence-electron chi connectivity index (χ4n) is 4.08. The van der Waals surface area contributed by atoms with Crippen LogP contribution in [0.2, 0.25) is 0 Å². The van der Waals surface area contributed by atoms with Crippen LogP contribution in [0.4, 0.5) is 5.00 Å². The van der Waals surface area contributed by atoms with Crippen LogP contribution >= 0.6 is 11.3 Å². The molecule has 0 atom stereocenters. The number of carbonyl (C=O) groups is 2. The number of amides is 2. The van der Waals surface area contributed by atoms with Crippen LogP contribution < -0.4 is 10.6 Å². The van der Waals surface area contributed by atoms with Gasteiger partial charge in [-0.25, -0.2) is 8.42 Å². The zero-order chi connectivity index (χ0) is 24.0. The monoisotopic (exact) mass is 491 g/mol. The number of sulfonamides is 1. The summed E-state index contributed by atoms with van der Waals surface area (Å²) in [5, 5.41) is 6.14. The molecule has 33 heavy (non-hydrogen) atoms. The second-order valence-corrected chi connectivity index (χ2v) is 11.2. The number of nitrogens with one attached hydrogen (secondary N) is 2. The van der Waals surface area contributed by atoms with Crippen LogP contribution in [0.3, 0.4) is 0 Å². The van der Waals surface area contributed by atoms with Crippen molar-refractivity contribution in [2.24, 2.45) is 0 Å². The molecule has 0 spiro atoms. The molecular weight excluding hydrogens is 458 g/mol. The lowest BCUT2D eigenvalue weighted by atomic mass is 10.0. The van der Waals surface area contributed by atoms with E-state index >= 15 is 0 Å². The van der Waals surface area contributed by atoms with E-state index in [2.05, 4.69) is 10.6 Å². The summed E-state index contributed by atoms with van der Waals surface area (Å²) in [6, 6.07) is 5.99. The molecule has 1 heterocycles. The fourth-order valence-corrected chi connectivity index (χ4v) is 6.85. The number of benzene rings is 1. The summed E-state index contributed by atoms with van der Waals surface area (Å²) in [5.41, 5.74) is 1.94. The lowest BCUT2D eigenvalue weighted by Crippen LogP contribution is -2.31. The number of hydrogen-bond donors (Lipinski definition) is 2. The number of fused-ring (bicyclic) bond motifs is 1. The first kappa shape index (κ1) is 25.4. The third-order valence-electron chi connectivity index (χ3n) is 5.97. The molecule has 9 heteroatoms. The number of anilines is 1. The van der Waals surface area contributed by atoms with Gasteiger partial charge in [-0.3, -0.25) is 9.59 Å². The van der Waals surface area contributed by atoms with Crippen LogP contribution in [0.5, 0.6) is 0 Å². The molecule has 0 radical (unpaired) electrons. The zero-order valence-corrected chi connectivity index (χ0v) is 21.2. The minimum atomic E-state index is -3.60. The van der Waals surface area contributed by atoms with Crippen molar-refractivity contribution in [2.45, 2.75) is 63.7 Å². The van der Waals surface area contributed by atoms with Crippen LogP contribution in [-0.2, 0) is 22.9 Å². The van der Waals surface area contributed by atoms with E-state index in [1.165, 1.54) is 39.9 Å². The van der Waals surface area contributed by atoms with Crippen molar-refractivity contribution >= 4 is 38.2 Å². The Balaban J connectivity index is 1.82. The van der Waals surface area contributed by atoms with E-state index in [0.29, 0.717) is 29.2 Å². The van der Waals surface area contributed by atoms with Crippen molar-refractivity contribution in [3.63, 3.8) is 0 Å². The van der Waals surface area contributed by atoms with Crippen molar-refractivity contribution in [2.75, 3.05) is 25.5 Å². The number of aryl methyl sites for hydroxylation is 1.